The predicted molar refractivity (Wildman–Crippen MR) is 68.0 cm³/mol. The summed E-state index contributed by atoms with van der Waals surface area (Å²) in [6.07, 6.45) is 9.50. The van der Waals surface area contributed by atoms with E-state index in [0.717, 1.165) is 6.42 Å². The van der Waals surface area contributed by atoms with Gasteiger partial charge in [0.05, 0.1) is 0 Å². The van der Waals surface area contributed by atoms with Crippen molar-refractivity contribution in [3.8, 4) is 11.3 Å². The highest BCUT2D eigenvalue weighted by Crippen LogP contribution is 2.25. The van der Waals surface area contributed by atoms with E-state index in [9.17, 15) is 0 Å². The summed E-state index contributed by atoms with van der Waals surface area (Å²) in [7, 11) is 0. The van der Waals surface area contributed by atoms with E-state index in [1.165, 1.54) is 22.4 Å². The molecule has 16 heavy (non-hydrogen) atoms. The third-order valence-electron chi connectivity index (χ3n) is 2.94. The van der Waals surface area contributed by atoms with Gasteiger partial charge in [0.15, 0.2) is 0 Å². The highest BCUT2D eigenvalue weighted by Gasteiger charge is 2.03. The van der Waals surface area contributed by atoms with Crippen molar-refractivity contribution in [3.63, 3.8) is 0 Å². The van der Waals surface area contributed by atoms with E-state index in [-0.39, 0.29) is 0 Å². The zero-order valence-electron chi connectivity index (χ0n) is 8.98. The van der Waals surface area contributed by atoms with E-state index in [0.29, 0.717) is 0 Å². The average Bonchev–Trinajstić information content (AvgIpc) is 3.03. The highest BCUT2D eigenvalue weighted by molar-refractivity contribution is 5.72. The van der Waals surface area contributed by atoms with E-state index >= 15 is 0 Å². The third kappa shape index (κ3) is 1.61. The monoisotopic (exact) mass is 207 g/mol. The van der Waals surface area contributed by atoms with Crippen LogP contribution >= 0.6 is 0 Å². The Morgan fingerprint density at radius 3 is 2.38 bits per heavy atom. The Balaban J connectivity index is 1.91. The second-order valence-corrected chi connectivity index (χ2v) is 3.99. The molecule has 0 bridgehead atoms. The van der Waals surface area contributed by atoms with Crippen molar-refractivity contribution < 1.29 is 0 Å². The Kier molecular flexibility index (Phi) is 2.22. The molecule has 1 nitrogen and oxygen atoms in total. The SMILES string of the molecule is C1=CCC(c2ccc(-c3ccc[nH]3)cc2)=C1. The average molecular weight is 207 g/mol. The van der Waals surface area contributed by atoms with Gasteiger partial charge in [0, 0.05) is 11.9 Å². The lowest BCUT2D eigenvalue weighted by molar-refractivity contribution is 1.39. The van der Waals surface area contributed by atoms with E-state index < -0.39 is 0 Å². The molecule has 1 heteroatoms. The lowest BCUT2D eigenvalue weighted by Gasteiger charge is -2.03. The van der Waals surface area contributed by atoms with Crippen LogP contribution < -0.4 is 0 Å². The molecule has 1 N–H and O–H groups in total. The van der Waals surface area contributed by atoms with Gasteiger partial charge in [-0.1, -0.05) is 42.5 Å². The number of aromatic amines is 1. The molecule has 0 fully saturated rings. The van der Waals surface area contributed by atoms with Crippen molar-refractivity contribution in [1.82, 2.24) is 4.98 Å². The molecule has 0 unspecified atom stereocenters. The molecule has 0 atom stereocenters. The van der Waals surface area contributed by atoms with Crippen molar-refractivity contribution in [2.45, 2.75) is 6.42 Å². The number of nitrogens with one attached hydrogen (secondary N) is 1. The minimum atomic E-state index is 1.06. The number of aromatic nitrogens is 1. The van der Waals surface area contributed by atoms with Crippen LogP contribution in [0.2, 0.25) is 0 Å². The fourth-order valence-corrected chi connectivity index (χ4v) is 2.04. The molecule has 1 aromatic carbocycles. The predicted octanol–water partition coefficient (Wildman–Crippen LogP) is 4.03. The van der Waals surface area contributed by atoms with Gasteiger partial charge in [-0.15, -0.1) is 0 Å². The van der Waals surface area contributed by atoms with Gasteiger partial charge < -0.3 is 4.98 Å². The first-order valence-electron chi connectivity index (χ1n) is 5.53. The summed E-state index contributed by atoms with van der Waals surface area (Å²) in [5, 5.41) is 0. The summed E-state index contributed by atoms with van der Waals surface area (Å²) >= 11 is 0. The smallest absolute Gasteiger partial charge is 0.0453 e. The van der Waals surface area contributed by atoms with E-state index in [1.54, 1.807) is 0 Å². The van der Waals surface area contributed by atoms with Gasteiger partial charge in [0.2, 0.25) is 0 Å². The molecule has 0 spiro atoms. The van der Waals surface area contributed by atoms with Gasteiger partial charge >= 0.3 is 0 Å². The maximum atomic E-state index is 3.22. The van der Waals surface area contributed by atoms with Crippen LogP contribution in [0.5, 0.6) is 0 Å². The van der Waals surface area contributed by atoms with Gasteiger partial charge in [-0.2, -0.15) is 0 Å². The molecule has 1 aromatic heterocycles. The van der Waals surface area contributed by atoms with Gasteiger partial charge in [-0.05, 0) is 35.3 Å². The van der Waals surface area contributed by atoms with Gasteiger partial charge in [0.1, 0.15) is 0 Å². The Bertz CT molecular complexity index is 527. The van der Waals surface area contributed by atoms with Crippen LogP contribution in [0.3, 0.4) is 0 Å². The van der Waals surface area contributed by atoms with Crippen LogP contribution in [-0.2, 0) is 0 Å². The fraction of sp³-hybridized carbons (Fsp3) is 0.0667. The quantitative estimate of drug-likeness (QED) is 0.765. The summed E-state index contributed by atoms with van der Waals surface area (Å²) in [4.78, 5) is 3.22. The normalized spacial score (nSPS) is 14.1. The number of hydrogen-bond acceptors (Lipinski definition) is 0. The maximum Gasteiger partial charge on any atom is 0.0453 e. The summed E-state index contributed by atoms with van der Waals surface area (Å²) in [5.74, 6) is 0. The van der Waals surface area contributed by atoms with Crippen molar-refractivity contribution in [3.05, 3.63) is 66.4 Å². The summed E-state index contributed by atoms with van der Waals surface area (Å²) < 4.78 is 0. The minimum absolute atomic E-state index is 1.06. The van der Waals surface area contributed by atoms with Crippen molar-refractivity contribution in [2.24, 2.45) is 0 Å². The van der Waals surface area contributed by atoms with Crippen LogP contribution in [0.15, 0.2) is 60.8 Å². The maximum absolute atomic E-state index is 3.22. The Hall–Kier alpha value is -2.02. The lowest BCUT2D eigenvalue weighted by atomic mass is 10.0. The minimum Gasteiger partial charge on any atom is -0.361 e. The molecule has 0 saturated carbocycles. The van der Waals surface area contributed by atoms with E-state index in [2.05, 4.69) is 53.5 Å². The molecule has 0 radical (unpaired) electrons. The first-order chi connectivity index (χ1) is 7.93. The van der Waals surface area contributed by atoms with Gasteiger partial charge in [-0.25, -0.2) is 0 Å². The Morgan fingerprint density at radius 2 is 1.75 bits per heavy atom. The zero-order valence-corrected chi connectivity index (χ0v) is 8.98. The zero-order chi connectivity index (χ0) is 10.8. The van der Waals surface area contributed by atoms with Crippen molar-refractivity contribution in [1.29, 1.82) is 0 Å². The standard InChI is InChI=1S/C15H13N/c1-2-5-12(4-1)13-7-9-14(10-8-13)15-6-3-11-16-15/h1-4,6-11,16H,5H2. The van der Waals surface area contributed by atoms with E-state index in [1.807, 2.05) is 12.3 Å². The van der Waals surface area contributed by atoms with E-state index in [4.69, 9.17) is 0 Å². The topological polar surface area (TPSA) is 15.8 Å². The van der Waals surface area contributed by atoms with Gasteiger partial charge in [0.25, 0.3) is 0 Å². The first-order valence-corrected chi connectivity index (χ1v) is 5.53. The Labute approximate surface area is 95.1 Å². The van der Waals surface area contributed by atoms with Crippen LogP contribution in [-0.4, -0.2) is 4.98 Å². The largest absolute Gasteiger partial charge is 0.361 e. The molecular weight excluding hydrogens is 194 g/mol. The molecule has 0 amide bonds. The molecule has 0 aliphatic heterocycles. The molecular formula is C15H13N. The number of allylic oxidation sites excluding steroid dienone is 4. The number of H-pyrrole nitrogens is 1. The molecule has 78 valence electrons. The Morgan fingerprint density at radius 1 is 0.938 bits per heavy atom. The van der Waals surface area contributed by atoms with Crippen LogP contribution in [0.25, 0.3) is 16.8 Å². The summed E-state index contributed by atoms with van der Waals surface area (Å²) in [5.41, 5.74) is 5.13. The number of benzene rings is 1. The molecule has 2 aromatic rings. The summed E-state index contributed by atoms with van der Waals surface area (Å²) in [6.45, 7) is 0. The lowest BCUT2D eigenvalue weighted by Crippen LogP contribution is -1.82. The molecule has 3 rings (SSSR count). The highest BCUT2D eigenvalue weighted by atomic mass is 14.7. The second-order valence-electron chi connectivity index (χ2n) is 3.99. The van der Waals surface area contributed by atoms with Crippen molar-refractivity contribution >= 4 is 5.57 Å². The number of rotatable bonds is 2. The third-order valence-corrected chi connectivity index (χ3v) is 2.94. The van der Waals surface area contributed by atoms with Crippen molar-refractivity contribution in [2.75, 3.05) is 0 Å². The van der Waals surface area contributed by atoms with Crippen LogP contribution in [0.4, 0.5) is 0 Å². The number of hydrogen-bond donors (Lipinski definition) is 1. The fourth-order valence-electron chi connectivity index (χ4n) is 2.04. The van der Waals surface area contributed by atoms with Crippen LogP contribution in [0, 0.1) is 0 Å². The second kappa shape index (κ2) is 3.86. The molecule has 1 aliphatic carbocycles. The van der Waals surface area contributed by atoms with Crippen LogP contribution in [0.1, 0.15) is 12.0 Å². The molecule has 0 saturated heterocycles. The molecule has 1 aliphatic rings. The van der Waals surface area contributed by atoms with Gasteiger partial charge in [-0.3, -0.25) is 0 Å². The summed E-state index contributed by atoms with van der Waals surface area (Å²) in [6, 6.07) is 12.8. The first kappa shape index (κ1) is 9.22. The molecule has 1 heterocycles.